The molecule has 3 rings (SSSR count). The molecule has 26 heavy (non-hydrogen) atoms. The number of nitro groups is 1. The second-order valence-electron chi connectivity index (χ2n) is 5.44. The van der Waals surface area contributed by atoms with Crippen molar-refractivity contribution in [2.75, 3.05) is 5.32 Å². The van der Waals surface area contributed by atoms with Gasteiger partial charge in [0.05, 0.1) is 10.5 Å². The number of hydrogen-bond donors (Lipinski definition) is 2. The summed E-state index contributed by atoms with van der Waals surface area (Å²) in [5.41, 5.74) is 7.23. The molecule has 9 nitrogen and oxygen atoms in total. The highest BCUT2D eigenvalue weighted by Gasteiger charge is 2.16. The Balaban J connectivity index is 1.87. The van der Waals surface area contributed by atoms with E-state index in [1.807, 2.05) is 25.1 Å². The predicted octanol–water partition coefficient (Wildman–Crippen LogP) is 2.60. The van der Waals surface area contributed by atoms with Crippen LogP contribution >= 0.6 is 0 Å². The summed E-state index contributed by atoms with van der Waals surface area (Å²) in [5.74, 6) is -0.0704. The molecule has 1 amide bonds. The Hall–Kier alpha value is -3.88. The maximum Gasteiger partial charge on any atom is 0.288 e. The molecule has 0 aliphatic rings. The molecule has 3 N–H and O–H groups in total. The van der Waals surface area contributed by atoms with Gasteiger partial charge in [-0.25, -0.2) is 15.0 Å². The minimum atomic E-state index is -0.812. The van der Waals surface area contributed by atoms with Gasteiger partial charge in [-0.1, -0.05) is 0 Å². The lowest BCUT2D eigenvalue weighted by Crippen LogP contribution is -2.14. The van der Waals surface area contributed by atoms with Crippen LogP contribution in [-0.4, -0.2) is 25.8 Å². The van der Waals surface area contributed by atoms with Crippen molar-refractivity contribution in [3.63, 3.8) is 0 Å². The molecule has 130 valence electrons. The molecule has 0 saturated heterocycles. The lowest BCUT2D eigenvalue weighted by molar-refractivity contribution is -0.385. The number of pyridine rings is 1. The molecule has 2 aromatic heterocycles. The number of amides is 1. The molecule has 0 aliphatic heterocycles. The molecule has 0 saturated carbocycles. The van der Waals surface area contributed by atoms with E-state index in [9.17, 15) is 14.9 Å². The van der Waals surface area contributed by atoms with Gasteiger partial charge in [0, 0.05) is 29.2 Å². The van der Waals surface area contributed by atoms with Gasteiger partial charge >= 0.3 is 0 Å². The van der Waals surface area contributed by atoms with Gasteiger partial charge < -0.3 is 11.1 Å². The van der Waals surface area contributed by atoms with E-state index in [1.165, 1.54) is 0 Å². The summed E-state index contributed by atoms with van der Waals surface area (Å²) in [4.78, 5) is 34.2. The fourth-order valence-corrected chi connectivity index (χ4v) is 2.27. The highest BCUT2D eigenvalue weighted by atomic mass is 16.6. The monoisotopic (exact) mass is 350 g/mol. The van der Waals surface area contributed by atoms with E-state index >= 15 is 0 Å². The Kier molecular flexibility index (Phi) is 4.52. The number of rotatable bonds is 5. The van der Waals surface area contributed by atoms with Gasteiger partial charge in [-0.2, -0.15) is 0 Å². The predicted molar refractivity (Wildman–Crippen MR) is 94.9 cm³/mol. The van der Waals surface area contributed by atoms with Gasteiger partial charge in [-0.05, 0) is 37.3 Å². The molecule has 0 unspecified atom stereocenters. The van der Waals surface area contributed by atoms with Gasteiger partial charge in [0.15, 0.2) is 5.82 Å². The molecule has 0 spiro atoms. The van der Waals surface area contributed by atoms with Crippen molar-refractivity contribution in [3.8, 4) is 11.4 Å². The number of anilines is 2. The number of nitrogens with two attached hydrogens (primary N) is 1. The van der Waals surface area contributed by atoms with Crippen LogP contribution < -0.4 is 11.1 Å². The Bertz CT molecular complexity index is 988. The first-order valence-corrected chi connectivity index (χ1v) is 7.55. The van der Waals surface area contributed by atoms with E-state index < -0.39 is 10.8 Å². The van der Waals surface area contributed by atoms with Crippen LogP contribution in [0.15, 0.2) is 48.8 Å². The number of carbonyl (C=O) groups is 1. The van der Waals surface area contributed by atoms with Crippen molar-refractivity contribution in [3.05, 3.63) is 70.2 Å². The third kappa shape index (κ3) is 3.61. The summed E-state index contributed by atoms with van der Waals surface area (Å²) in [6.07, 6.45) is 2.74. The highest BCUT2D eigenvalue weighted by molar-refractivity contribution is 5.98. The molecule has 0 radical (unpaired) electrons. The molecule has 0 atom stereocenters. The number of benzene rings is 1. The molecule has 0 fully saturated rings. The van der Waals surface area contributed by atoms with E-state index in [1.54, 1.807) is 18.3 Å². The van der Waals surface area contributed by atoms with E-state index in [-0.39, 0.29) is 17.1 Å². The van der Waals surface area contributed by atoms with Crippen molar-refractivity contribution in [1.29, 1.82) is 0 Å². The van der Waals surface area contributed by atoms with E-state index in [2.05, 4.69) is 20.3 Å². The number of aromatic nitrogens is 3. The normalized spacial score (nSPS) is 10.3. The molecular formula is C17H14N6O3. The second kappa shape index (κ2) is 6.93. The van der Waals surface area contributed by atoms with Crippen LogP contribution in [0.4, 0.5) is 17.2 Å². The van der Waals surface area contributed by atoms with E-state index in [4.69, 9.17) is 5.73 Å². The summed E-state index contributed by atoms with van der Waals surface area (Å²) in [6.45, 7) is 1.88. The average molecular weight is 350 g/mol. The standard InChI is InChI=1S/C17H14N6O3/c1-10-6-7-19-16(21-10)11-2-4-12(5-3-11)22-17-14(15(18)24)8-13(9-20-17)23(25)26/h2-9H,1H3,(H2,18,24)(H,20,22). The summed E-state index contributed by atoms with van der Waals surface area (Å²) in [6, 6.07) is 10.0. The first kappa shape index (κ1) is 17.0. The lowest BCUT2D eigenvalue weighted by atomic mass is 10.1. The molecule has 2 heterocycles. The fraction of sp³-hybridized carbons (Fsp3) is 0.0588. The number of hydrogen-bond acceptors (Lipinski definition) is 7. The number of primary amides is 1. The van der Waals surface area contributed by atoms with Crippen LogP contribution in [0, 0.1) is 17.0 Å². The number of nitrogens with one attached hydrogen (secondary N) is 1. The maximum atomic E-state index is 11.6. The number of aryl methyl sites for hydroxylation is 1. The van der Waals surface area contributed by atoms with Gasteiger partial charge in [0.2, 0.25) is 0 Å². The van der Waals surface area contributed by atoms with Crippen molar-refractivity contribution in [1.82, 2.24) is 15.0 Å². The van der Waals surface area contributed by atoms with Gasteiger partial charge in [-0.3, -0.25) is 14.9 Å². The maximum absolute atomic E-state index is 11.6. The van der Waals surface area contributed by atoms with Crippen LogP contribution in [0.3, 0.4) is 0 Å². The van der Waals surface area contributed by atoms with Crippen molar-refractivity contribution in [2.24, 2.45) is 5.73 Å². The Morgan fingerprint density at radius 3 is 2.54 bits per heavy atom. The first-order valence-electron chi connectivity index (χ1n) is 7.55. The minimum Gasteiger partial charge on any atom is -0.365 e. The summed E-state index contributed by atoms with van der Waals surface area (Å²) in [7, 11) is 0. The number of nitrogens with zero attached hydrogens (tertiary/aromatic N) is 4. The topological polar surface area (TPSA) is 137 Å². The summed E-state index contributed by atoms with van der Waals surface area (Å²) < 4.78 is 0. The quantitative estimate of drug-likeness (QED) is 0.533. The first-order chi connectivity index (χ1) is 12.4. The van der Waals surface area contributed by atoms with Crippen LogP contribution in [-0.2, 0) is 0 Å². The van der Waals surface area contributed by atoms with Gasteiger partial charge in [0.25, 0.3) is 11.6 Å². The molecule has 3 aromatic rings. The van der Waals surface area contributed by atoms with E-state index in [0.29, 0.717) is 11.5 Å². The largest absolute Gasteiger partial charge is 0.365 e. The SMILES string of the molecule is Cc1ccnc(-c2ccc(Nc3ncc([N+](=O)[O-])cc3C(N)=O)cc2)n1. The Morgan fingerprint density at radius 2 is 1.92 bits per heavy atom. The van der Waals surface area contributed by atoms with Gasteiger partial charge in [0.1, 0.15) is 12.0 Å². The summed E-state index contributed by atoms with van der Waals surface area (Å²) in [5, 5.41) is 13.8. The van der Waals surface area contributed by atoms with Crippen molar-refractivity contribution >= 4 is 23.1 Å². The van der Waals surface area contributed by atoms with Crippen LogP contribution in [0.5, 0.6) is 0 Å². The van der Waals surface area contributed by atoms with E-state index in [0.717, 1.165) is 23.5 Å². The van der Waals surface area contributed by atoms with Crippen LogP contribution in [0.25, 0.3) is 11.4 Å². The smallest absolute Gasteiger partial charge is 0.288 e. The fourth-order valence-electron chi connectivity index (χ4n) is 2.27. The van der Waals surface area contributed by atoms with Crippen molar-refractivity contribution < 1.29 is 9.72 Å². The highest BCUT2D eigenvalue weighted by Crippen LogP contribution is 2.24. The van der Waals surface area contributed by atoms with Crippen LogP contribution in [0.2, 0.25) is 0 Å². The van der Waals surface area contributed by atoms with Crippen LogP contribution in [0.1, 0.15) is 16.1 Å². The van der Waals surface area contributed by atoms with Crippen molar-refractivity contribution in [2.45, 2.75) is 6.92 Å². The Labute approximate surface area is 148 Å². The zero-order valence-corrected chi connectivity index (χ0v) is 13.7. The third-order valence-corrected chi connectivity index (χ3v) is 3.55. The minimum absolute atomic E-state index is 0.0645. The number of carbonyl (C=O) groups excluding carboxylic acids is 1. The molecule has 0 bridgehead atoms. The molecular weight excluding hydrogens is 336 g/mol. The lowest BCUT2D eigenvalue weighted by Gasteiger charge is -2.09. The summed E-state index contributed by atoms with van der Waals surface area (Å²) >= 11 is 0. The van der Waals surface area contributed by atoms with Gasteiger partial charge in [-0.15, -0.1) is 0 Å². The third-order valence-electron chi connectivity index (χ3n) is 3.55. The average Bonchev–Trinajstić information content (AvgIpc) is 2.62. The Morgan fingerprint density at radius 1 is 1.19 bits per heavy atom. The zero-order chi connectivity index (χ0) is 18.7. The second-order valence-corrected chi connectivity index (χ2v) is 5.44. The molecule has 1 aromatic carbocycles. The molecule has 9 heteroatoms. The zero-order valence-electron chi connectivity index (χ0n) is 13.7. The molecule has 0 aliphatic carbocycles.